The summed E-state index contributed by atoms with van der Waals surface area (Å²) in [6.07, 6.45) is -2.07. The summed E-state index contributed by atoms with van der Waals surface area (Å²) < 4.78 is 33.8. The average Bonchev–Trinajstić information content (AvgIpc) is 2.49. The van der Waals surface area contributed by atoms with E-state index in [1.807, 2.05) is 0 Å². The van der Waals surface area contributed by atoms with E-state index in [-0.39, 0.29) is 11.5 Å². The lowest BCUT2D eigenvalue weighted by atomic mass is 10.1. The minimum atomic E-state index is -3.58. The molecule has 1 aliphatic heterocycles. The third-order valence-electron chi connectivity index (χ3n) is 2.06. The zero-order valence-electron chi connectivity index (χ0n) is 7.74. The molecular weight excluding hydrogens is 204 g/mol. The fourth-order valence-electron chi connectivity index (χ4n) is 1.31. The molecule has 0 fully saturated rings. The Morgan fingerprint density at radius 2 is 2.00 bits per heavy atom. The maximum absolute atomic E-state index is 12.7. The smallest absolute Gasteiger partial charge is 0.395 e. The van der Waals surface area contributed by atoms with Gasteiger partial charge >= 0.3 is 6.29 Å². The van der Waals surface area contributed by atoms with Gasteiger partial charge in [0.05, 0.1) is 0 Å². The minimum Gasteiger partial charge on any atom is -0.395 e. The molecule has 1 atom stereocenters. The van der Waals surface area contributed by atoms with Crippen LogP contribution in [0.15, 0.2) is 30.9 Å². The van der Waals surface area contributed by atoms with Gasteiger partial charge in [-0.3, -0.25) is 0 Å². The average molecular weight is 213 g/mol. The van der Waals surface area contributed by atoms with Gasteiger partial charge in [-0.25, -0.2) is 0 Å². The highest BCUT2D eigenvalue weighted by Gasteiger charge is 2.43. The van der Waals surface area contributed by atoms with Crippen molar-refractivity contribution in [2.24, 2.45) is 5.73 Å². The number of rotatable bonds is 2. The second-order valence-corrected chi connectivity index (χ2v) is 3.14. The van der Waals surface area contributed by atoms with Gasteiger partial charge in [0.2, 0.25) is 0 Å². The summed E-state index contributed by atoms with van der Waals surface area (Å²) >= 11 is 0. The van der Waals surface area contributed by atoms with Crippen LogP contribution >= 0.6 is 0 Å². The van der Waals surface area contributed by atoms with Crippen molar-refractivity contribution < 1.29 is 18.3 Å². The lowest BCUT2D eigenvalue weighted by molar-refractivity contribution is -0.286. The van der Waals surface area contributed by atoms with Crippen LogP contribution in [-0.4, -0.2) is 6.29 Å². The predicted molar refractivity (Wildman–Crippen MR) is 49.8 cm³/mol. The molecule has 2 rings (SSSR count). The fraction of sp³-hybridized carbons (Fsp3) is 0.200. The molecule has 80 valence electrons. The van der Waals surface area contributed by atoms with Gasteiger partial charge in [-0.05, 0) is 17.7 Å². The van der Waals surface area contributed by atoms with Gasteiger partial charge in [-0.15, -0.1) is 15.4 Å². The van der Waals surface area contributed by atoms with Crippen molar-refractivity contribution in [1.82, 2.24) is 0 Å². The number of ether oxygens (including phenoxy) is 2. The van der Waals surface area contributed by atoms with Crippen molar-refractivity contribution in [3.05, 3.63) is 36.4 Å². The molecule has 0 saturated carbocycles. The molecule has 0 saturated heterocycles. The lowest BCUT2D eigenvalue weighted by Crippen LogP contribution is -2.25. The van der Waals surface area contributed by atoms with E-state index in [1.54, 1.807) is 6.07 Å². The van der Waals surface area contributed by atoms with Crippen LogP contribution in [0.2, 0.25) is 0 Å². The fourth-order valence-corrected chi connectivity index (χ4v) is 1.31. The Labute approximate surface area is 85.1 Å². The van der Waals surface area contributed by atoms with E-state index in [4.69, 9.17) is 5.73 Å². The van der Waals surface area contributed by atoms with Gasteiger partial charge in [0.1, 0.15) is 0 Å². The first kappa shape index (κ1) is 9.92. The Morgan fingerprint density at radius 3 is 2.67 bits per heavy atom. The second kappa shape index (κ2) is 3.20. The van der Waals surface area contributed by atoms with Gasteiger partial charge in [-0.1, -0.05) is 12.1 Å². The van der Waals surface area contributed by atoms with Crippen LogP contribution in [0.3, 0.4) is 0 Å². The molecule has 3 nitrogen and oxygen atoms in total. The third kappa shape index (κ3) is 1.78. The zero-order valence-corrected chi connectivity index (χ0v) is 7.74. The van der Waals surface area contributed by atoms with Crippen LogP contribution in [0.4, 0.5) is 8.78 Å². The summed E-state index contributed by atoms with van der Waals surface area (Å²) in [6.45, 7) is 3.51. The van der Waals surface area contributed by atoms with E-state index in [0.29, 0.717) is 5.56 Å². The van der Waals surface area contributed by atoms with E-state index in [9.17, 15) is 8.78 Å². The highest BCUT2D eigenvalue weighted by atomic mass is 19.3. The number of benzene rings is 1. The molecule has 0 radical (unpaired) electrons. The monoisotopic (exact) mass is 213 g/mol. The van der Waals surface area contributed by atoms with Crippen molar-refractivity contribution in [1.29, 1.82) is 0 Å². The molecule has 0 aliphatic carbocycles. The lowest BCUT2D eigenvalue weighted by Gasteiger charge is -2.06. The number of nitrogens with two attached hydrogens (primary N) is 1. The summed E-state index contributed by atoms with van der Waals surface area (Å²) in [6, 6.07) is 4.00. The van der Waals surface area contributed by atoms with Crippen LogP contribution in [0, 0.1) is 0 Å². The second-order valence-electron chi connectivity index (χ2n) is 3.14. The molecule has 2 N–H and O–H groups in total. The molecule has 0 amide bonds. The molecular formula is C10H9F2NO2. The number of hydrogen-bond acceptors (Lipinski definition) is 3. The standard InChI is InChI=1S/C10H9F2NO2/c1-2-7(13)6-3-4-8-9(5-6)15-10(11,12)14-8/h2-5,7H,1,13H2/t7-/m0/s1. The molecule has 1 heterocycles. The van der Waals surface area contributed by atoms with Crippen LogP contribution in [0.1, 0.15) is 11.6 Å². The molecule has 1 aromatic rings. The SMILES string of the molecule is C=C[C@H](N)c1ccc2c(c1)OC(F)(F)O2. The molecule has 1 aliphatic rings. The van der Waals surface area contributed by atoms with Gasteiger partial charge in [0.15, 0.2) is 11.5 Å². The van der Waals surface area contributed by atoms with Crippen molar-refractivity contribution in [3.8, 4) is 11.5 Å². The van der Waals surface area contributed by atoms with E-state index < -0.39 is 12.3 Å². The van der Waals surface area contributed by atoms with E-state index in [2.05, 4.69) is 16.1 Å². The normalized spacial score (nSPS) is 18.6. The van der Waals surface area contributed by atoms with Gasteiger partial charge < -0.3 is 15.2 Å². The maximum Gasteiger partial charge on any atom is 0.586 e. The Bertz CT molecular complexity index is 406. The molecule has 15 heavy (non-hydrogen) atoms. The molecule has 0 bridgehead atoms. The van der Waals surface area contributed by atoms with E-state index in [0.717, 1.165) is 0 Å². The number of fused-ring (bicyclic) bond motifs is 1. The van der Waals surface area contributed by atoms with Gasteiger partial charge in [-0.2, -0.15) is 0 Å². The largest absolute Gasteiger partial charge is 0.586 e. The first-order valence-corrected chi connectivity index (χ1v) is 4.30. The first-order chi connectivity index (χ1) is 7.02. The summed E-state index contributed by atoms with van der Waals surface area (Å²) in [7, 11) is 0. The van der Waals surface area contributed by atoms with Crippen LogP contribution in [0.5, 0.6) is 11.5 Å². The molecule has 0 aromatic heterocycles. The number of hydrogen-bond donors (Lipinski definition) is 1. The Balaban J connectivity index is 2.34. The highest BCUT2D eigenvalue weighted by Crippen LogP contribution is 2.41. The summed E-state index contributed by atoms with van der Waals surface area (Å²) in [4.78, 5) is 0. The van der Waals surface area contributed by atoms with Gasteiger partial charge in [0.25, 0.3) is 0 Å². The quantitative estimate of drug-likeness (QED) is 0.766. The predicted octanol–water partition coefficient (Wildman–Crippen LogP) is 2.19. The number of halogens is 2. The molecule has 1 aromatic carbocycles. The molecule has 0 unspecified atom stereocenters. The maximum atomic E-state index is 12.7. The van der Waals surface area contributed by atoms with Crippen molar-refractivity contribution in [2.75, 3.05) is 0 Å². The number of alkyl halides is 2. The van der Waals surface area contributed by atoms with Gasteiger partial charge in [0, 0.05) is 6.04 Å². The zero-order chi connectivity index (χ0) is 11.1. The van der Waals surface area contributed by atoms with E-state index in [1.165, 1.54) is 18.2 Å². The molecule has 5 heteroatoms. The van der Waals surface area contributed by atoms with Crippen molar-refractivity contribution in [2.45, 2.75) is 12.3 Å². The van der Waals surface area contributed by atoms with E-state index >= 15 is 0 Å². The van der Waals surface area contributed by atoms with Crippen molar-refractivity contribution in [3.63, 3.8) is 0 Å². The Hall–Kier alpha value is -1.62. The topological polar surface area (TPSA) is 44.5 Å². The Kier molecular flexibility index (Phi) is 2.12. The highest BCUT2D eigenvalue weighted by molar-refractivity contribution is 5.46. The van der Waals surface area contributed by atoms with Crippen LogP contribution in [-0.2, 0) is 0 Å². The Morgan fingerprint density at radius 1 is 1.33 bits per heavy atom. The summed E-state index contributed by atoms with van der Waals surface area (Å²) in [5.74, 6) is 0.00909. The first-order valence-electron chi connectivity index (χ1n) is 4.30. The van der Waals surface area contributed by atoms with Crippen molar-refractivity contribution >= 4 is 0 Å². The summed E-state index contributed by atoms with van der Waals surface area (Å²) in [5.41, 5.74) is 6.30. The minimum absolute atomic E-state index is 0.00481. The molecule has 0 spiro atoms. The van der Waals surface area contributed by atoms with Crippen LogP contribution in [0.25, 0.3) is 0 Å². The van der Waals surface area contributed by atoms with Crippen LogP contribution < -0.4 is 15.2 Å². The summed E-state index contributed by atoms with van der Waals surface area (Å²) in [5, 5.41) is 0. The third-order valence-corrected chi connectivity index (χ3v) is 2.06.